The number of carbonyl (C=O) groups is 1. The maximum Gasteiger partial charge on any atom is 0.225 e. The van der Waals surface area contributed by atoms with E-state index in [9.17, 15) is 17.6 Å². The normalized spacial score (nSPS) is 11.6. The third kappa shape index (κ3) is 4.12. The SMILES string of the molecule is CCCC(=O)Nc1c(S(=O)(=O)c2ccc(F)cc2)c(C)c(C)n1Cc1ccco1. The number of nitrogens with one attached hydrogen (secondary N) is 1. The van der Waals surface area contributed by atoms with Crippen LogP contribution in [0.15, 0.2) is 56.9 Å². The van der Waals surface area contributed by atoms with E-state index in [0.717, 1.165) is 12.1 Å². The third-order valence-corrected chi connectivity index (χ3v) is 6.72. The summed E-state index contributed by atoms with van der Waals surface area (Å²) in [6, 6.07) is 8.17. The summed E-state index contributed by atoms with van der Waals surface area (Å²) >= 11 is 0. The molecule has 0 fully saturated rings. The van der Waals surface area contributed by atoms with Crippen LogP contribution in [0.2, 0.25) is 0 Å². The fraction of sp³-hybridized carbons (Fsp3) is 0.286. The molecule has 0 radical (unpaired) electrons. The van der Waals surface area contributed by atoms with Gasteiger partial charge in [-0.25, -0.2) is 12.8 Å². The van der Waals surface area contributed by atoms with Crippen LogP contribution in [0, 0.1) is 19.7 Å². The second kappa shape index (κ2) is 8.24. The van der Waals surface area contributed by atoms with E-state index in [1.54, 1.807) is 30.5 Å². The molecule has 0 saturated carbocycles. The molecule has 8 heteroatoms. The summed E-state index contributed by atoms with van der Waals surface area (Å²) in [7, 11) is -3.99. The van der Waals surface area contributed by atoms with Crippen LogP contribution in [0.4, 0.5) is 10.2 Å². The number of rotatable bonds is 7. The molecule has 1 N–H and O–H groups in total. The number of amides is 1. The van der Waals surface area contributed by atoms with Crippen molar-refractivity contribution in [2.75, 3.05) is 5.32 Å². The molecule has 0 saturated heterocycles. The van der Waals surface area contributed by atoms with Crippen molar-refractivity contribution in [3.05, 3.63) is 65.5 Å². The summed E-state index contributed by atoms with van der Waals surface area (Å²) < 4.78 is 47.2. The highest BCUT2D eigenvalue weighted by Crippen LogP contribution is 2.36. The number of hydrogen-bond donors (Lipinski definition) is 1. The van der Waals surface area contributed by atoms with Gasteiger partial charge in [-0.1, -0.05) is 6.92 Å². The topological polar surface area (TPSA) is 81.3 Å². The maximum atomic E-state index is 13.4. The highest BCUT2D eigenvalue weighted by Gasteiger charge is 2.30. The molecule has 3 aromatic rings. The summed E-state index contributed by atoms with van der Waals surface area (Å²) in [4.78, 5) is 12.3. The first kappa shape index (κ1) is 20.9. The fourth-order valence-electron chi connectivity index (χ4n) is 3.20. The Bertz CT molecular complexity index is 1110. The molecule has 3 rings (SSSR count). The molecule has 1 aromatic carbocycles. The van der Waals surface area contributed by atoms with Crippen molar-refractivity contribution in [3.8, 4) is 0 Å². The summed E-state index contributed by atoms with van der Waals surface area (Å²) in [6.07, 6.45) is 2.43. The molecule has 0 unspecified atom stereocenters. The second-order valence-corrected chi connectivity index (χ2v) is 8.70. The van der Waals surface area contributed by atoms with Gasteiger partial charge in [0, 0.05) is 12.1 Å². The van der Waals surface area contributed by atoms with E-state index in [1.807, 2.05) is 6.92 Å². The highest BCUT2D eigenvalue weighted by atomic mass is 32.2. The van der Waals surface area contributed by atoms with E-state index in [4.69, 9.17) is 4.42 Å². The molecule has 0 bridgehead atoms. The van der Waals surface area contributed by atoms with Crippen LogP contribution >= 0.6 is 0 Å². The predicted octanol–water partition coefficient (Wildman–Crippen LogP) is 4.46. The quantitative estimate of drug-likeness (QED) is 0.575. The van der Waals surface area contributed by atoms with E-state index >= 15 is 0 Å². The fourth-order valence-corrected chi connectivity index (χ4v) is 4.89. The van der Waals surface area contributed by atoms with Crippen molar-refractivity contribution in [1.29, 1.82) is 0 Å². The molecule has 0 aliphatic rings. The first-order chi connectivity index (χ1) is 13.8. The summed E-state index contributed by atoms with van der Waals surface area (Å²) in [6.45, 7) is 5.62. The minimum absolute atomic E-state index is 0.0117. The lowest BCUT2D eigenvalue weighted by Crippen LogP contribution is -2.17. The molecule has 0 aliphatic heterocycles. The van der Waals surface area contributed by atoms with Gasteiger partial charge in [-0.05, 0) is 62.2 Å². The summed E-state index contributed by atoms with van der Waals surface area (Å²) in [5.41, 5.74) is 1.21. The Balaban J connectivity index is 2.19. The Hall–Kier alpha value is -2.87. The Morgan fingerprint density at radius 1 is 1.17 bits per heavy atom. The Kier molecular flexibility index (Phi) is 5.93. The van der Waals surface area contributed by atoms with Gasteiger partial charge >= 0.3 is 0 Å². The van der Waals surface area contributed by atoms with E-state index < -0.39 is 15.7 Å². The van der Waals surface area contributed by atoms with Crippen molar-refractivity contribution in [2.45, 2.75) is 49.9 Å². The zero-order chi connectivity index (χ0) is 21.2. The second-order valence-electron chi connectivity index (χ2n) is 6.81. The molecule has 0 atom stereocenters. The number of hydrogen-bond acceptors (Lipinski definition) is 4. The van der Waals surface area contributed by atoms with Crippen LogP contribution in [0.5, 0.6) is 0 Å². The molecule has 0 aliphatic carbocycles. The molecule has 154 valence electrons. The summed E-state index contributed by atoms with van der Waals surface area (Å²) in [5, 5.41) is 2.77. The van der Waals surface area contributed by atoms with Gasteiger partial charge in [-0.15, -0.1) is 0 Å². The van der Waals surface area contributed by atoms with Crippen molar-refractivity contribution < 1.29 is 22.0 Å². The molecule has 0 spiro atoms. The lowest BCUT2D eigenvalue weighted by molar-refractivity contribution is -0.116. The minimum atomic E-state index is -3.99. The van der Waals surface area contributed by atoms with Gasteiger partial charge in [-0.2, -0.15) is 0 Å². The predicted molar refractivity (Wildman–Crippen MR) is 107 cm³/mol. The maximum absolute atomic E-state index is 13.4. The van der Waals surface area contributed by atoms with Gasteiger partial charge < -0.3 is 14.3 Å². The first-order valence-electron chi connectivity index (χ1n) is 9.28. The molecular formula is C21H23FN2O4S. The number of nitrogens with zero attached hydrogens (tertiary/aromatic N) is 1. The molecular weight excluding hydrogens is 395 g/mol. The van der Waals surface area contributed by atoms with Gasteiger partial charge in [0.25, 0.3) is 0 Å². The molecule has 1 amide bonds. The van der Waals surface area contributed by atoms with Crippen LogP contribution in [0.25, 0.3) is 0 Å². The van der Waals surface area contributed by atoms with Gasteiger partial charge in [0.2, 0.25) is 15.7 Å². The Labute approximate surface area is 169 Å². The van der Waals surface area contributed by atoms with Crippen LogP contribution in [0.1, 0.15) is 36.8 Å². The Morgan fingerprint density at radius 2 is 1.86 bits per heavy atom. The number of sulfone groups is 1. The number of carbonyl (C=O) groups excluding carboxylic acids is 1. The average molecular weight is 418 g/mol. The van der Waals surface area contributed by atoms with Crippen LogP contribution < -0.4 is 5.32 Å². The standard InChI is InChI=1S/C21H23FN2O4S/c1-4-6-19(25)23-21-20(29(26,27)18-10-8-16(22)9-11-18)14(2)15(3)24(21)13-17-7-5-12-28-17/h5,7-12H,4,6,13H2,1-3H3,(H,23,25). The van der Waals surface area contributed by atoms with Crippen molar-refractivity contribution >= 4 is 21.6 Å². The van der Waals surface area contributed by atoms with Gasteiger partial charge in [0.15, 0.2) is 0 Å². The lowest BCUT2D eigenvalue weighted by Gasteiger charge is -2.13. The number of benzene rings is 1. The monoisotopic (exact) mass is 418 g/mol. The number of furan rings is 1. The van der Waals surface area contributed by atoms with Gasteiger partial charge in [0.1, 0.15) is 22.3 Å². The van der Waals surface area contributed by atoms with Gasteiger partial charge in [-0.3, -0.25) is 4.79 Å². The summed E-state index contributed by atoms with van der Waals surface area (Å²) in [5.74, 6) is 0.0176. The Morgan fingerprint density at radius 3 is 2.45 bits per heavy atom. The van der Waals surface area contributed by atoms with Crippen molar-refractivity contribution in [2.24, 2.45) is 0 Å². The average Bonchev–Trinajstić information content (AvgIpc) is 3.25. The molecule has 2 aromatic heterocycles. The lowest BCUT2D eigenvalue weighted by atomic mass is 10.3. The third-order valence-electron chi connectivity index (χ3n) is 4.79. The largest absolute Gasteiger partial charge is 0.467 e. The molecule has 29 heavy (non-hydrogen) atoms. The van der Waals surface area contributed by atoms with Crippen LogP contribution in [-0.4, -0.2) is 18.9 Å². The number of anilines is 1. The number of halogens is 1. The van der Waals surface area contributed by atoms with E-state index in [1.165, 1.54) is 18.4 Å². The number of aromatic nitrogens is 1. The molecule has 6 nitrogen and oxygen atoms in total. The zero-order valence-electron chi connectivity index (χ0n) is 16.5. The van der Waals surface area contributed by atoms with E-state index in [2.05, 4.69) is 5.32 Å². The van der Waals surface area contributed by atoms with E-state index in [-0.39, 0.29) is 34.5 Å². The van der Waals surface area contributed by atoms with Crippen molar-refractivity contribution in [1.82, 2.24) is 4.57 Å². The first-order valence-corrected chi connectivity index (χ1v) is 10.8. The highest BCUT2D eigenvalue weighted by molar-refractivity contribution is 7.91. The van der Waals surface area contributed by atoms with E-state index in [0.29, 0.717) is 23.4 Å². The van der Waals surface area contributed by atoms with Crippen molar-refractivity contribution in [3.63, 3.8) is 0 Å². The minimum Gasteiger partial charge on any atom is -0.467 e. The van der Waals surface area contributed by atoms with Crippen LogP contribution in [0.3, 0.4) is 0 Å². The smallest absolute Gasteiger partial charge is 0.225 e. The van der Waals surface area contributed by atoms with Crippen LogP contribution in [-0.2, 0) is 21.2 Å². The molecule has 2 heterocycles. The zero-order valence-corrected chi connectivity index (χ0v) is 17.3. The van der Waals surface area contributed by atoms with Gasteiger partial charge in [0.05, 0.1) is 17.7 Å².